The van der Waals surface area contributed by atoms with Crippen molar-refractivity contribution >= 4 is 0 Å². The maximum Gasteiger partial charge on any atom is 0.212 e. The third-order valence-electron chi connectivity index (χ3n) is 3.74. The van der Waals surface area contributed by atoms with E-state index in [1.807, 2.05) is 43.8 Å². The molecule has 1 N–H and O–H groups in total. The summed E-state index contributed by atoms with van der Waals surface area (Å²) in [5.41, 5.74) is 3.45. The lowest BCUT2D eigenvalue weighted by molar-refractivity contribution is 0.313. The SMILES string of the molecule is C/C=C\C(=C/C)COc1cc(CNC)nn1CCc1ccccc1. The van der Waals surface area contributed by atoms with E-state index in [0.29, 0.717) is 6.61 Å². The van der Waals surface area contributed by atoms with Gasteiger partial charge in [-0.1, -0.05) is 48.6 Å². The topological polar surface area (TPSA) is 39.1 Å². The second-order valence-electron chi connectivity index (χ2n) is 5.62. The maximum atomic E-state index is 6.01. The van der Waals surface area contributed by atoms with Crippen LogP contribution in [0.2, 0.25) is 0 Å². The van der Waals surface area contributed by atoms with Crippen molar-refractivity contribution in [1.82, 2.24) is 15.1 Å². The van der Waals surface area contributed by atoms with Gasteiger partial charge in [-0.05, 0) is 38.5 Å². The van der Waals surface area contributed by atoms with Gasteiger partial charge in [0, 0.05) is 19.2 Å². The molecule has 0 amide bonds. The van der Waals surface area contributed by atoms with Gasteiger partial charge in [-0.2, -0.15) is 5.10 Å². The summed E-state index contributed by atoms with van der Waals surface area (Å²) in [6, 6.07) is 12.5. The number of rotatable bonds is 9. The first kappa shape index (κ1) is 18.0. The van der Waals surface area contributed by atoms with Gasteiger partial charge in [-0.15, -0.1) is 0 Å². The van der Waals surface area contributed by atoms with Crippen LogP contribution < -0.4 is 10.1 Å². The van der Waals surface area contributed by atoms with E-state index in [9.17, 15) is 0 Å². The van der Waals surface area contributed by atoms with Gasteiger partial charge in [-0.25, -0.2) is 4.68 Å². The van der Waals surface area contributed by atoms with Crippen molar-refractivity contribution in [2.75, 3.05) is 13.7 Å². The smallest absolute Gasteiger partial charge is 0.212 e. The fraction of sp³-hybridized carbons (Fsp3) is 0.350. The number of ether oxygens (including phenoxy) is 1. The summed E-state index contributed by atoms with van der Waals surface area (Å²) in [6.07, 6.45) is 7.10. The monoisotopic (exact) mass is 325 g/mol. The first-order chi connectivity index (χ1) is 11.8. The zero-order valence-electron chi connectivity index (χ0n) is 14.8. The van der Waals surface area contributed by atoms with Gasteiger partial charge in [-0.3, -0.25) is 0 Å². The summed E-state index contributed by atoms with van der Waals surface area (Å²) >= 11 is 0. The largest absolute Gasteiger partial charge is 0.473 e. The molecule has 0 bridgehead atoms. The lowest BCUT2D eigenvalue weighted by atomic mass is 10.1. The highest BCUT2D eigenvalue weighted by Gasteiger charge is 2.09. The minimum absolute atomic E-state index is 0.552. The van der Waals surface area contributed by atoms with Crippen LogP contribution in [0, 0.1) is 0 Å². The third-order valence-corrected chi connectivity index (χ3v) is 3.74. The van der Waals surface area contributed by atoms with Crippen LogP contribution in [-0.2, 0) is 19.5 Å². The van der Waals surface area contributed by atoms with Crippen LogP contribution in [-0.4, -0.2) is 23.4 Å². The van der Waals surface area contributed by atoms with Crippen LogP contribution in [0.3, 0.4) is 0 Å². The summed E-state index contributed by atoms with van der Waals surface area (Å²) in [5.74, 6) is 0.819. The van der Waals surface area contributed by atoms with E-state index in [2.05, 4.69) is 46.8 Å². The number of aromatic nitrogens is 2. The van der Waals surface area contributed by atoms with E-state index in [4.69, 9.17) is 4.74 Å². The van der Waals surface area contributed by atoms with Gasteiger partial charge < -0.3 is 10.1 Å². The Morgan fingerprint density at radius 3 is 2.71 bits per heavy atom. The second kappa shape index (κ2) is 9.73. The number of hydrogen-bond acceptors (Lipinski definition) is 3. The molecule has 0 radical (unpaired) electrons. The molecule has 1 aromatic carbocycles. The summed E-state index contributed by atoms with van der Waals surface area (Å²) < 4.78 is 7.97. The molecule has 1 heterocycles. The molecular formula is C20H27N3O. The molecule has 0 atom stereocenters. The van der Waals surface area contributed by atoms with Crippen molar-refractivity contribution < 1.29 is 4.74 Å². The van der Waals surface area contributed by atoms with Gasteiger partial charge in [0.05, 0.1) is 5.69 Å². The van der Waals surface area contributed by atoms with E-state index in [1.165, 1.54) is 5.56 Å². The van der Waals surface area contributed by atoms with Gasteiger partial charge in [0.2, 0.25) is 5.88 Å². The van der Waals surface area contributed by atoms with Gasteiger partial charge in [0.25, 0.3) is 0 Å². The Kier molecular flexibility index (Phi) is 7.30. The van der Waals surface area contributed by atoms with Gasteiger partial charge in [0.1, 0.15) is 6.61 Å². The number of aryl methyl sites for hydroxylation is 2. The maximum absolute atomic E-state index is 6.01. The van der Waals surface area contributed by atoms with Crippen LogP contribution in [0.25, 0.3) is 0 Å². The first-order valence-electron chi connectivity index (χ1n) is 8.42. The molecule has 0 aliphatic carbocycles. The summed E-state index contributed by atoms with van der Waals surface area (Å²) in [5, 5.41) is 7.80. The molecule has 1 aromatic heterocycles. The highest BCUT2D eigenvalue weighted by molar-refractivity contribution is 5.22. The number of nitrogens with one attached hydrogen (secondary N) is 1. The average Bonchev–Trinajstić information content (AvgIpc) is 3.00. The first-order valence-corrected chi connectivity index (χ1v) is 8.42. The molecule has 4 heteroatoms. The Morgan fingerprint density at radius 1 is 1.25 bits per heavy atom. The Balaban J connectivity index is 2.07. The fourth-order valence-corrected chi connectivity index (χ4v) is 2.47. The van der Waals surface area contributed by atoms with Crippen LogP contribution in [0.15, 0.2) is 60.2 Å². The minimum Gasteiger partial charge on any atom is -0.473 e. The normalized spacial score (nSPS) is 12.0. The molecule has 2 aromatic rings. The molecule has 0 saturated heterocycles. The molecule has 4 nitrogen and oxygen atoms in total. The van der Waals surface area contributed by atoms with E-state index in [1.54, 1.807) is 0 Å². The van der Waals surface area contributed by atoms with Crippen molar-refractivity contribution in [3.63, 3.8) is 0 Å². The molecular weight excluding hydrogens is 298 g/mol. The molecule has 0 unspecified atom stereocenters. The fourth-order valence-electron chi connectivity index (χ4n) is 2.47. The Bertz CT molecular complexity index is 671. The molecule has 0 spiro atoms. The van der Waals surface area contributed by atoms with Gasteiger partial charge in [0.15, 0.2) is 0 Å². The van der Waals surface area contributed by atoms with Gasteiger partial charge >= 0.3 is 0 Å². The third kappa shape index (κ3) is 5.39. The van der Waals surface area contributed by atoms with Crippen LogP contribution >= 0.6 is 0 Å². The molecule has 2 rings (SSSR count). The minimum atomic E-state index is 0.552. The molecule has 24 heavy (non-hydrogen) atoms. The highest BCUT2D eigenvalue weighted by Crippen LogP contribution is 2.16. The van der Waals surface area contributed by atoms with Crippen molar-refractivity contribution in [3.8, 4) is 5.88 Å². The highest BCUT2D eigenvalue weighted by atomic mass is 16.5. The molecule has 0 fully saturated rings. The van der Waals surface area contributed by atoms with E-state index in [-0.39, 0.29) is 0 Å². The molecule has 128 valence electrons. The Hall–Kier alpha value is -2.33. The summed E-state index contributed by atoms with van der Waals surface area (Å²) in [4.78, 5) is 0. The quantitative estimate of drug-likeness (QED) is 0.714. The molecule has 0 saturated carbocycles. The van der Waals surface area contributed by atoms with Crippen molar-refractivity contribution in [3.05, 3.63) is 71.5 Å². The number of nitrogens with zero attached hydrogens (tertiary/aromatic N) is 2. The van der Waals surface area contributed by atoms with Crippen LogP contribution in [0.5, 0.6) is 5.88 Å². The predicted molar refractivity (Wildman–Crippen MR) is 99.2 cm³/mol. The summed E-state index contributed by atoms with van der Waals surface area (Å²) in [7, 11) is 1.92. The van der Waals surface area contributed by atoms with Crippen LogP contribution in [0.4, 0.5) is 0 Å². The lowest BCUT2D eigenvalue weighted by Crippen LogP contribution is -2.10. The van der Waals surface area contributed by atoms with Crippen molar-refractivity contribution in [1.29, 1.82) is 0 Å². The Labute approximate surface area is 144 Å². The zero-order valence-corrected chi connectivity index (χ0v) is 14.8. The number of benzene rings is 1. The standard InChI is InChI=1S/C20H27N3O/c1-4-9-17(5-2)16-24-20-14-19(15-21-3)22-23(20)13-12-18-10-7-6-8-11-18/h4-11,14,21H,12-13,15-16H2,1-3H3/b9-4-,17-5+. The summed E-state index contributed by atoms with van der Waals surface area (Å²) in [6.45, 7) is 6.13. The molecule has 0 aliphatic rings. The lowest BCUT2D eigenvalue weighted by Gasteiger charge is -2.10. The number of allylic oxidation sites excluding steroid dienone is 2. The molecule has 0 aliphatic heterocycles. The second-order valence-corrected chi connectivity index (χ2v) is 5.62. The van der Waals surface area contributed by atoms with Crippen LogP contribution in [0.1, 0.15) is 25.1 Å². The van der Waals surface area contributed by atoms with E-state index in [0.717, 1.165) is 36.7 Å². The Morgan fingerprint density at radius 2 is 2.04 bits per heavy atom. The van der Waals surface area contributed by atoms with E-state index >= 15 is 0 Å². The van der Waals surface area contributed by atoms with Crippen molar-refractivity contribution in [2.24, 2.45) is 0 Å². The average molecular weight is 325 g/mol. The zero-order chi connectivity index (χ0) is 17.2. The van der Waals surface area contributed by atoms with E-state index < -0.39 is 0 Å². The number of hydrogen-bond donors (Lipinski definition) is 1. The predicted octanol–water partition coefficient (Wildman–Crippen LogP) is 3.75. The van der Waals surface area contributed by atoms with Crippen molar-refractivity contribution in [2.45, 2.75) is 33.4 Å².